The second kappa shape index (κ2) is 8.77. The summed E-state index contributed by atoms with van der Waals surface area (Å²) in [6.07, 6.45) is 10.6. The number of benzene rings is 1. The third-order valence-electron chi connectivity index (χ3n) is 3.44. The lowest BCUT2D eigenvalue weighted by molar-refractivity contribution is -0.138. The first kappa shape index (κ1) is 17.6. The van der Waals surface area contributed by atoms with E-state index in [1.807, 2.05) is 49.4 Å². The molecule has 4 heteroatoms. The summed E-state index contributed by atoms with van der Waals surface area (Å²) in [5.74, 6) is 0.392. The number of esters is 1. The molecule has 4 nitrogen and oxygen atoms in total. The first-order valence-corrected chi connectivity index (χ1v) is 8.08. The molecule has 1 aliphatic carbocycles. The maximum absolute atomic E-state index is 11.5. The highest BCUT2D eigenvalue weighted by Crippen LogP contribution is 2.21. The van der Waals surface area contributed by atoms with E-state index in [1.165, 1.54) is 5.57 Å². The smallest absolute Gasteiger partial charge is 0.354 e. The van der Waals surface area contributed by atoms with Crippen LogP contribution in [0.1, 0.15) is 25.8 Å². The molecule has 0 amide bonds. The van der Waals surface area contributed by atoms with E-state index >= 15 is 0 Å². The number of carbonyl (C=O) groups excluding carboxylic acids is 1. The van der Waals surface area contributed by atoms with Gasteiger partial charge in [0.2, 0.25) is 0 Å². The molecule has 0 aromatic heterocycles. The van der Waals surface area contributed by atoms with Gasteiger partial charge in [0.15, 0.2) is 0 Å². The van der Waals surface area contributed by atoms with Crippen LogP contribution in [-0.4, -0.2) is 19.2 Å². The van der Waals surface area contributed by atoms with Crippen LogP contribution in [0.2, 0.25) is 0 Å². The molecule has 0 atom stereocenters. The number of rotatable bonds is 6. The van der Waals surface area contributed by atoms with Gasteiger partial charge in [0.05, 0.1) is 13.2 Å². The van der Waals surface area contributed by atoms with E-state index in [-0.39, 0.29) is 5.70 Å². The van der Waals surface area contributed by atoms with Gasteiger partial charge in [-0.25, -0.2) is 4.79 Å². The number of carbonyl (C=O) groups is 1. The third-order valence-corrected chi connectivity index (χ3v) is 3.44. The summed E-state index contributed by atoms with van der Waals surface area (Å²) in [6, 6.07) is 7.99. The summed E-state index contributed by atoms with van der Waals surface area (Å²) in [7, 11) is 0. The molecule has 0 saturated heterocycles. The van der Waals surface area contributed by atoms with Crippen molar-refractivity contribution in [1.29, 1.82) is 0 Å². The van der Waals surface area contributed by atoms with Crippen LogP contribution in [-0.2, 0) is 9.53 Å². The number of hydrogen-bond donors (Lipinski definition) is 1. The molecule has 2 N–H and O–H groups in total. The van der Waals surface area contributed by atoms with E-state index < -0.39 is 5.97 Å². The van der Waals surface area contributed by atoms with E-state index in [4.69, 9.17) is 15.2 Å². The highest BCUT2D eigenvalue weighted by Gasteiger charge is 2.07. The van der Waals surface area contributed by atoms with Gasteiger partial charge >= 0.3 is 5.97 Å². The van der Waals surface area contributed by atoms with Gasteiger partial charge < -0.3 is 15.2 Å². The number of nitrogens with two attached hydrogens (primary N) is 1. The highest BCUT2D eigenvalue weighted by molar-refractivity contribution is 5.88. The van der Waals surface area contributed by atoms with Crippen molar-refractivity contribution in [3.63, 3.8) is 0 Å². The number of hydrogen-bond acceptors (Lipinski definition) is 4. The maximum atomic E-state index is 11.5. The third kappa shape index (κ3) is 5.16. The number of allylic oxidation sites excluding steroid dienone is 6. The van der Waals surface area contributed by atoms with Gasteiger partial charge in [-0.2, -0.15) is 0 Å². The quantitative estimate of drug-likeness (QED) is 0.639. The van der Waals surface area contributed by atoms with Crippen molar-refractivity contribution >= 4 is 12.0 Å². The van der Waals surface area contributed by atoms with Gasteiger partial charge in [0, 0.05) is 0 Å². The van der Waals surface area contributed by atoms with E-state index in [2.05, 4.69) is 6.08 Å². The second-order valence-corrected chi connectivity index (χ2v) is 5.28. The molecule has 1 aliphatic rings. The molecule has 0 radical (unpaired) electrons. The van der Waals surface area contributed by atoms with Crippen molar-refractivity contribution in [3.8, 4) is 5.75 Å². The fraction of sp³-hybridized carbons (Fsp3) is 0.250. The molecule has 2 rings (SSSR count). The molecule has 0 spiro atoms. The zero-order valence-corrected chi connectivity index (χ0v) is 14.1. The largest absolute Gasteiger partial charge is 0.494 e. The SMILES string of the molecule is CCOC(=O)C(N)=CC1=CCC(=Cc2ccc(OCC)cc2)C=C1. The van der Waals surface area contributed by atoms with E-state index in [0.29, 0.717) is 13.2 Å². The Morgan fingerprint density at radius 1 is 1.17 bits per heavy atom. The fourth-order valence-corrected chi connectivity index (χ4v) is 2.28. The van der Waals surface area contributed by atoms with Crippen molar-refractivity contribution in [3.05, 3.63) is 71.0 Å². The van der Waals surface area contributed by atoms with E-state index in [1.54, 1.807) is 13.0 Å². The van der Waals surface area contributed by atoms with E-state index in [9.17, 15) is 4.79 Å². The Morgan fingerprint density at radius 2 is 1.92 bits per heavy atom. The Balaban J connectivity index is 2.01. The molecule has 0 bridgehead atoms. The minimum Gasteiger partial charge on any atom is -0.494 e. The molecular formula is C20H23NO3. The van der Waals surface area contributed by atoms with Crippen molar-refractivity contribution in [2.24, 2.45) is 5.73 Å². The van der Waals surface area contributed by atoms with Gasteiger partial charge in [0.1, 0.15) is 11.4 Å². The predicted octanol–water partition coefficient (Wildman–Crippen LogP) is 3.76. The van der Waals surface area contributed by atoms with Gasteiger partial charge in [0.25, 0.3) is 0 Å². The minimum atomic E-state index is -0.484. The summed E-state index contributed by atoms with van der Waals surface area (Å²) in [6.45, 7) is 4.70. The second-order valence-electron chi connectivity index (χ2n) is 5.28. The van der Waals surface area contributed by atoms with Crippen LogP contribution in [0.4, 0.5) is 0 Å². The van der Waals surface area contributed by atoms with Crippen LogP contribution < -0.4 is 10.5 Å². The fourth-order valence-electron chi connectivity index (χ4n) is 2.28. The van der Waals surface area contributed by atoms with Crippen LogP contribution in [0.5, 0.6) is 5.75 Å². The first-order valence-electron chi connectivity index (χ1n) is 8.08. The monoisotopic (exact) mass is 325 g/mol. The van der Waals surface area contributed by atoms with Crippen molar-refractivity contribution in [1.82, 2.24) is 0 Å². The topological polar surface area (TPSA) is 61.5 Å². The zero-order chi connectivity index (χ0) is 17.4. The van der Waals surface area contributed by atoms with E-state index in [0.717, 1.165) is 23.3 Å². The molecule has 1 aromatic rings. The van der Waals surface area contributed by atoms with Crippen LogP contribution in [0.25, 0.3) is 6.08 Å². The molecule has 126 valence electrons. The first-order chi connectivity index (χ1) is 11.6. The lowest BCUT2D eigenvalue weighted by Gasteiger charge is -2.08. The van der Waals surface area contributed by atoms with Gasteiger partial charge in [-0.15, -0.1) is 0 Å². The molecule has 0 saturated carbocycles. The Labute approximate surface area is 143 Å². The molecule has 1 aromatic carbocycles. The predicted molar refractivity (Wildman–Crippen MR) is 96.3 cm³/mol. The maximum Gasteiger partial charge on any atom is 0.354 e. The Bertz CT molecular complexity index is 694. The summed E-state index contributed by atoms with van der Waals surface area (Å²) in [5.41, 5.74) is 9.05. The Morgan fingerprint density at radius 3 is 2.50 bits per heavy atom. The molecule has 24 heavy (non-hydrogen) atoms. The van der Waals surface area contributed by atoms with Gasteiger partial charge in [-0.1, -0.05) is 36.4 Å². The van der Waals surface area contributed by atoms with Crippen LogP contribution in [0.3, 0.4) is 0 Å². The molecule has 0 aliphatic heterocycles. The summed E-state index contributed by atoms with van der Waals surface area (Å²) >= 11 is 0. The normalized spacial score (nSPS) is 16.0. The summed E-state index contributed by atoms with van der Waals surface area (Å²) in [5, 5.41) is 0. The molecular weight excluding hydrogens is 302 g/mol. The van der Waals surface area contributed by atoms with Crippen molar-refractivity contribution in [2.75, 3.05) is 13.2 Å². The van der Waals surface area contributed by atoms with Crippen LogP contribution in [0, 0.1) is 0 Å². The van der Waals surface area contributed by atoms with Crippen molar-refractivity contribution in [2.45, 2.75) is 20.3 Å². The molecule has 0 fully saturated rings. The van der Waals surface area contributed by atoms with Crippen molar-refractivity contribution < 1.29 is 14.3 Å². The zero-order valence-electron chi connectivity index (χ0n) is 14.1. The van der Waals surface area contributed by atoms with Crippen LogP contribution >= 0.6 is 0 Å². The summed E-state index contributed by atoms with van der Waals surface area (Å²) < 4.78 is 10.3. The standard InChI is InChI=1S/C20H23NO3/c1-3-23-18-11-9-16(10-12-18)13-15-5-7-17(8-6-15)14-19(21)20(22)24-4-2/h5,7-14H,3-4,6,21H2,1-2H3. The molecule has 0 heterocycles. The lowest BCUT2D eigenvalue weighted by Crippen LogP contribution is -2.14. The van der Waals surface area contributed by atoms with Gasteiger partial charge in [-0.05, 0) is 55.2 Å². The minimum absolute atomic E-state index is 0.117. The number of ether oxygens (including phenoxy) is 2. The Kier molecular flexibility index (Phi) is 6.43. The lowest BCUT2D eigenvalue weighted by atomic mass is 9.99. The average molecular weight is 325 g/mol. The summed E-state index contributed by atoms with van der Waals surface area (Å²) in [4.78, 5) is 11.5. The molecule has 0 unspecified atom stereocenters. The van der Waals surface area contributed by atoms with Crippen LogP contribution in [0.15, 0.2) is 65.4 Å². The Hall–Kier alpha value is -2.75. The average Bonchev–Trinajstić information content (AvgIpc) is 2.59. The highest BCUT2D eigenvalue weighted by atomic mass is 16.5. The van der Waals surface area contributed by atoms with Gasteiger partial charge in [-0.3, -0.25) is 0 Å².